The smallest absolute Gasteiger partial charge is 0.134 e. The van der Waals surface area contributed by atoms with Crippen molar-refractivity contribution in [1.82, 2.24) is 0 Å². The van der Waals surface area contributed by atoms with Gasteiger partial charge in [0.15, 0.2) is 0 Å². The zero-order chi connectivity index (χ0) is 11.7. The molecule has 0 heterocycles. The number of halogens is 1. The maximum Gasteiger partial charge on any atom is 0.134 e. The first-order valence-corrected chi connectivity index (χ1v) is 5.89. The molecule has 88 valence electrons. The number of phenols is 1. The van der Waals surface area contributed by atoms with Crippen molar-refractivity contribution in [2.75, 3.05) is 0 Å². The molecule has 0 aromatic heterocycles. The molecule has 0 amide bonds. The topological polar surface area (TPSA) is 66.5 Å². The van der Waals surface area contributed by atoms with Crippen molar-refractivity contribution >= 4 is 11.6 Å². The van der Waals surface area contributed by atoms with E-state index in [-0.39, 0.29) is 10.8 Å². The average Bonchev–Trinajstić information content (AvgIpc) is 2.18. The van der Waals surface area contributed by atoms with E-state index in [2.05, 4.69) is 0 Å². The highest BCUT2D eigenvalue weighted by molar-refractivity contribution is 6.32. The Labute approximate surface area is 99.8 Å². The molecule has 0 aliphatic heterocycles. The lowest BCUT2D eigenvalue weighted by Gasteiger charge is -2.33. The molecule has 4 N–H and O–H groups in total. The van der Waals surface area contributed by atoms with Crippen molar-refractivity contribution in [3.63, 3.8) is 0 Å². The molecule has 2 atom stereocenters. The summed E-state index contributed by atoms with van der Waals surface area (Å²) in [4.78, 5) is 0. The molecule has 1 fully saturated rings. The van der Waals surface area contributed by atoms with Gasteiger partial charge < -0.3 is 15.9 Å². The molecule has 1 saturated carbocycles. The standard InChI is InChI=1S/C12H16ClNO2/c13-9-6-8(4-5-10(9)15)11(14)12(16)7-2-1-3-7/h4-7,11-12,15-16H,1-3,14H2/t11-,12+/m0/s1. The predicted molar refractivity (Wildman–Crippen MR) is 63.4 cm³/mol. The lowest BCUT2D eigenvalue weighted by atomic mass is 9.77. The van der Waals surface area contributed by atoms with Crippen LogP contribution in [0.1, 0.15) is 30.9 Å². The van der Waals surface area contributed by atoms with Gasteiger partial charge in [0.2, 0.25) is 0 Å². The lowest BCUT2D eigenvalue weighted by molar-refractivity contribution is 0.0413. The van der Waals surface area contributed by atoms with Crippen LogP contribution in [0, 0.1) is 5.92 Å². The van der Waals surface area contributed by atoms with Crippen LogP contribution in [0.2, 0.25) is 5.02 Å². The maximum atomic E-state index is 10.0. The SMILES string of the molecule is N[C@@H](c1ccc(O)c(Cl)c1)[C@H](O)C1CCC1. The molecule has 0 saturated heterocycles. The van der Waals surface area contributed by atoms with Gasteiger partial charge in [0, 0.05) is 0 Å². The summed E-state index contributed by atoms with van der Waals surface area (Å²) in [5, 5.41) is 19.6. The van der Waals surface area contributed by atoms with Gasteiger partial charge in [-0.05, 0) is 36.5 Å². The first-order chi connectivity index (χ1) is 7.59. The Kier molecular flexibility index (Phi) is 3.38. The molecule has 1 aromatic rings. The second-order valence-electron chi connectivity index (χ2n) is 4.42. The second kappa shape index (κ2) is 4.62. The Hall–Kier alpha value is -0.770. The highest BCUT2D eigenvalue weighted by Crippen LogP contribution is 2.35. The van der Waals surface area contributed by atoms with Crippen molar-refractivity contribution in [2.24, 2.45) is 11.7 Å². The monoisotopic (exact) mass is 241 g/mol. The van der Waals surface area contributed by atoms with E-state index in [4.69, 9.17) is 17.3 Å². The summed E-state index contributed by atoms with van der Waals surface area (Å²) < 4.78 is 0. The van der Waals surface area contributed by atoms with Crippen molar-refractivity contribution in [1.29, 1.82) is 0 Å². The van der Waals surface area contributed by atoms with Crippen LogP contribution in [-0.2, 0) is 0 Å². The minimum Gasteiger partial charge on any atom is -0.506 e. The number of aliphatic hydroxyl groups excluding tert-OH is 1. The Morgan fingerprint density at radius 1 is 1.38 bits per heavy atom. The second-order valence-corrected chi connectivity index (χ2v) is 4.83. The minimum absolute atomic E-state index is 0.0377. The summed E-state index contributed by atoms with van der Waals surface area (Å²) in [6.45, 7) is 0. The van der Waals surface area contributed by atoms with E-state index in [1.807, 2.05) is 0 Å². The van der Waals surface area contributed by atoms with E-state index in [9.17, 15) is 10.2 Å². The lowest BCUT2D eigenvalue weighted by Crippen LogP contribution is -2.36. The van der Waals surface area contributed by atoms with Gasteiger partial charge >= 0.3 is 0 Å². The minimum atomic E-state index is -0.519. The van der Waals surface area contributed by atoms with Crippen LogP contribution in [0.25, 0.3) is 0 Å². The molecule has 0 unspecified atom stereocenters. The van der Waals surface area contributed by atoms with Crippen LogP contribution < -0.4 is 5.73 Å². The van der Waals surface area contributed by atoms with Crippen molar-refractivity contribution < 1.29 is 10.2 Å². The third kappa shape index (κ3) is 2.17. The van der Waals surface area contributed by atoms with E-state index in [1.54, 1.807) is 12.1 Å². The van der Waals surface area contributed by atoms with Crippen molar-refractivity contribution in [2.45, 2.75) is 31.4 Å². The molecule has 1 aromatic carbocycles. The van der Waals surface area contributed by atoms with Gasteiger partial charge in [-0.2, -0.15) is 0 Å². The molecule has 1 aliphatic rings. The average molecular weight is 242 g/mol. The fraction of sp³-hybridized carbons (Fsp3) is 0.500. The first-order valence-electron chi connectivity index (χ1n) is 5.51. The number of aromatic hydroxyl groups is 1. The van der Waals surface area contributed by atoms with E-state index in [1.165, 1.54) is 12.5 Å². The zero-order valence-corrected chi connectivity index (χ0v) is 9.69. The molecule has 4 heteroatoms. The number of nitrogens with two attached hydrogens (primary N) is 1. The summed E-state index contributed by atoms with van der Waals surface area (Å²) in [6.07, 6.45) is 2.74. The van der Waals surface area contributed by atoms with Gasteiger partial charge in [-0.25, -0.2) is 0 Å². The van der Waals surface area contributed by atoms with E-state index in [0.29, 0.717) is 5.92 Å². The van der Waals surface area contributed by atoms with E-state index >= 15 is 0 Å². The van der Waals surface area contributed by atoms with Crippen LogP contribution in [0.4, 0.5) is 0 Å². The highest BCUT2D eigenvalue weighted by Gasteiger charge is 2.30. The van der Waals surface area contributed by atoms with Crippen molar-refractivity contribution in [3.8, 4) is 5.75 Å². The largest absolute Gasteiger partial charge is 0.506 e. The van der Waals surface area contributed by atoms with Gasteiger partial charge in [0.25, 0.3) is 0 Å². The quantitative estimate of drug-likeness (QED) is 0.760. The summed E-state index contributed by atoms with van der Waals surface area (Å²) in [7, 11) is 0. The number of hydrogen-bond acceptors (Lipinski definition) is 3. The van der Waals surface area contributed by atoms with Gasteiger partial charge in [-0.3, -0.25) is 0 Å². The normalized spacial score (nSPS) is 20.2. The third-order valence-electron chi connectivity index (χ3n) is 3.36. The molecule has 1 aliphatic carbocycles. The third-order valence-corrected chi connectivity index (χ3v) is 3.66. The van der Waals surface area contributed by atoms with Crippen molar-refractivity contribution in [3.05, 3.63) is 28.8 Å². The Balaban J connectivity index is 2.12. The first kappa shape index (κ1) is 11.7. The molecule has 0 spiro atoms. The van der Waals surface area contributed by atoms with Gasteiger partial charge in [-0.15, -0.1) is 0 Å². The van der Waals surface area contributed by atoms with Crippen LogP contribution in [0.3, 0.4) is 0 Å². The fourth-order valence-electron chi connectivity index (χ4n) is 2.00. The maximum absolute atomic E-state index is 10.0. The number of phenolic OH excluding ortho intramolecular Hbond substituents is 1. The summed E-state index contributed by atoms with van der Waals surface area (Å²) in [6, 6.07) is 4.39. The number of aliphatic hydroxyl groups is 1. The number of benzene rings is 1. The van der Waals surface area contributed by atoms with Crippen LogP contribution >= 0.6 is 11.6 Å². The summed E-state index contributed by atoms with van der Waals surface area (Å²) >= 11 is 5.80. The van der Waals surface area contributed by atoms with Gasteiger partial charge in [0.1, 0.15) is 5.75 Å². The number of hydrogen-bond donors (Lipinski definition) is 3. The molecule has 2 rings (SSSR count). The molecule has 16 heavy (non-hydrogen) atoms. The van der Waals surface area contributed by atoms with Gasteiger partial charge in [0.05, 0.1) is 17.2 Å². The molecule has 0 radical (unpaired) electrons. The summed E-state index contributed by atoms with van der Waals surface area (Å²) in [5.74, 6) is 0.346. The van der Waals surface area contributed by atoms with E-state index in [0.717, 1.165) is 18.4 Å². The summed E-state index contributed by atoms with van der Waals surface area (Å²) in [5.41, 5.74) is 6.74. The molecular weight excluding hydrogens is 226 g/mol. The fourth-order valence-corrected chi connectivity index (χ4v) is 2.19. The van der Waals surface area contributed by atoms with Crippen LogP contribution in [-0.4, -0.2) is 16.3 Å². The van der Waals surface area contributed by atoms with Gasteiger partial charge in [-0.1, -0.05) is 24.1 Å². The number of rotatable bonds is 3. The predicted octanol–water partition coefficient (Wildman–Crippen LogP) is 2.21. The Bertz CT molecular complexity index is 379. The Morgan fingerprint density at radius 3 is 2.56 bits per heavy atom. The van der Waals surface area contributed by atoms with Crippen LogP contribution in [0.15, 0.2) is 18.2 Å². The Morgan fingerprint density at radius 2 is 2.06 bits per heavy atom. The highest BCUT2D eigenvalue weighted by atomic mass is 35.5. The molecular formula is C12H16ClNO2. The zero-order valence-electron chi connectivity index (χ0n) is 8.94. The van der Waals surface area contributed by atoms with E-state index < -0.39 is 12.1 Å². The molecule has 3 nitrogen and oxygen atoms in total. The molecule has 0 bridgehead atoms. The van der Waals surface area contributed by atoms with Crippen LogP contribution in [0.5, 0.6) is 5.75 Å².